The van der Waals surface area contributed by atoms with Gasteiger partial charge in [0.15, 0.2) is 10.9 Å². The highest BCUT2D eigenvalue weighted by Crippen LogP contribution is 2.21. The number of aryl methyl sites for hydroxylation is 1. The molecule has 0 aliphatic carbocycles. The van der Waals surface area contributed by atoms with Crippen LogP contribution in [0.15, 0.2) is 32.2 Å². The van der Waals surface area contributed by atoms with Crippen molar-refractivity contribution >= 4 is 29.5 Å². The van der Waals surface area contributed by atoms with E-state index in [1.54, 1.807) is 13.0 Å². The van der Waals surface area contributed by atoms with Crippen LogP contribution in [-0.2, 0) is 4.79 Å². The number of rotatable bonds is 5. The van der Waals surface area contributed by atoms with Crippen LogP contribution >= 0.6 is 11.8 Å². The zero-order valence-corrected chi connectivity index (χ0v) is 10.7. The summed E-state index contributed by atoms with van der Waals surface area (Å²) in [5.74, 6) is -0.566. The van der Waals surface area contributed by atoms with Crippen LogP contribution in [-0.4, -0.2) is 27.9 Å². The Labute approximate surface area is 111 Å². The molecule has 0 atom stereocenters. The normalized spacial score (nSPS) is 10.4. The van der Waals surface area contributed by atoms with Gasteiger partial charge in [-0.2, -0.15) is 0 Å². The smallest absolute Gasteiger partial charge is 0.371 e. The molecule has 0 bridgehead atoms. The van der Waals surface area contributed by atoms with Crippen LogP contribution < -0.4 is 5.32 Å². The molecule has 2 aromatic rings. The van der Waals surface area contributed by atoms with Crippen LogP contribution in [0.2, 0.25) is 0 Å². The molecular formula is C11H10N2O5S. The van der Waals surface area contributed by atoms with Gasteiger partial charge in [-0.1, -0.05) is 16.9 Å². The van der Waals surface area contributed by atoms with E-state index in [1.165, 1.54) is 12.1 Å². The molecule has 7 nitrogen and oxygen atoms in total. The number of amides is 1. The molecule has 0 aromatic carbocycles. The third-order valence-corrected chi connectivity index (χ3v) is 2.94. The molecule has 1 amide bonds. The molecule has 2 rings (SSSR count). The summed E-state index contributed by atoms with van der Waals surface area (Å²) in [5.41, 5.74) is 0. The lowest BCUT2D eigenvalue weighted by Gasteiger charge is -1.99. The summed E-state index contributed by atoms with van der Waals surface area (Å²) in [5, 5.41) is 15.2. The molecule has 0 radical (unpaired) electrons. The summed E-state index contributed by atoms with van der Waals surface area (Å²) in [4.78, 5) is 22.2. The van der Waals surface area contributed by atoms with Gasteiger partial charge >= 0.3 is 5.97 Å². The van der Waals surface area contributed by atoms with Crippen molar-refractivity contribution in [3.05, 3.63) is 29.7 Å². The lowest BCUT2D eigenvalue weighted by atomic mass is 10.5. The topological polar surface area (TPSA) is 106 Å². The zero-order chi connectivity index (χ0) is 13.8. The SMILES string of the molecule is Cc1cc(NC(=O)CSc2ccc(C(=O)O)o2)no1. The summed E-state index contributed by atoms with van der Waals surface area (Å²) in [6, 6.07) is 4.43. The predicted octanol–water partition coefficient (Wildman–Crippen LogP) is 2.01. The molecular weight excluding hydrogens is 272 g/mol. The number of nitrogens with one attached hydrogen (secondary N) is 1. The van der Waals surface area contributed by atoms with E-state index in [9.17, 15) is 9.59 Å². The van der Waals surface area contributed by atoms with Crippen molar-refractivity contribution in [3.8, 4) is 0 Å². The lowest BCUT2D eigenvalue weighted by molar-refractivity contribution is -0.113. The van der Waals surface area contributed by atoms with Gasteiger partial charge in [-0.3, -0.25) is 4.79 Å². The van der Waals surface area contributed by atoms with Gasteiger partial charge in [0.1, 0.15) is 5.76 Å². The fourth-order valence-electron chi connectivity index (χ4n) is 1.25. The van der Waals surface area contributed by atoms with Gasteiger partial charge in [0, 0.05) is 6.07 Å². The number of hydrogen-bond donors (Lipinski definition) is 2. The van der Waals surface area contributed by atoms with Crippen molar-refractivity contribution in [1.29, 1.82) is 0 Å². The van der Waals surface area contributed by atoms with Gasteiger partial charge in [0.2, 0.25) is 11.7 Å². The van der Waals surface area contributed by atoms with E-state index in [1.807, 2.05) is 0 Å². The molecule has 0 unspecified atom stereocenters. The number of carboxylic acid groups (broad SMARTS) is 1. The molecule has 8 heteroatoms. The van der Waals surface area contributed by atoms with Crippen LogP contribution in [0.4, 0.5) is 5.82 Å². The van der Waals surface area contributed by atoms with Crippen LogP contribution in [0.3, 0.4) is 0 Å². The van der Waals surface area contributed by atoms with Crippen LogP contribution in [0.25, 0.3) is 0 Å². The second-order valence-corrected chi connectivity index (χ2v) is 4.56. The van der Waals surface area contributed by atoms with E-state index in [0.29, 0.717) is 16.7 Å². The van der Waals surface area contributed by atoms with Crippen molar-refractivity contribution < 1.29 is 23.6 Å². The Morgan fingerprint density at radius 2 is 2.26 bits per heavy atom. The van der Waals surface area contributed by atoms with Crippen LogP contribution in [0.5, 0.6) is 0 Å². The Bertz CT molecular complexity index is 604. The summed E-state index contributed by atoms with van der Waals surface area (Å²) in [6.07, 6.45) is 0. The molecule has 100 valence electrons. The maximum atomic E-state index is 11.6. The Morgan fingerprint density at radius 3 is 2.84 bits per heavy atom. The zero-order valence-electron chi connectivity index (χ0n) is 9.87. The summed E-state index contributed by atoms with van der Waals surface area (Å²) in [7, 11) is 0. The first kappa shape index (κ1) is 13.2. The van der Waals surface area contributed by atoms with Crippen molar-refractivity contribution in [2.45, 2.75) is 12.0 Å². The Balaban J connectivity index is 1.84. The minimum absolute atomic E-state index is 0.0818. The van der Waals surface area contributed by atoms with Gasteiger partial charge in [-0.05, 0) is 19.1 Å². The second kappa shape index (κ2) is 5.61. The van der Waals surface area contributed by atoms with Crippen molar-refractivity contribution in [3.63, 3.8) is 0 Å². The summed E-state index contributed by atoms with van der Waals surface area (Å²) in [6.45, 7) is 1.72. The minimum Gasteiger partial charge on any atom is -0.475 e. The van der Waals surface area contributed by atoms with Gasteiger partial charge in [-0.25, -0.2) is 4.79 Å². The van der Waals surface area contributed by atoms with Gasteiger partial charge in [0.05, 0.1) is 5.75 Å². The first-order chi connectivity index (χ1) is 9.04. The highest BCUT2D eigenvalue weighted by Gasteiger charge is 2.11. The third-order valence-electron chi connectivity index (χ3n) is 2.03. The highest BCUT2D eigenvalue weighted by molar-refractivity contribution is 7.99. The largest absolute Gasteiger partial charge is 0.475 e. The van der Waals surface area contributed by atoms with Crippen LogP contribution in [0.1, 0.15) is 16.3 Å². The van der Waals surface area contributed by atoms with Gasteiger partial charge in [-0.15, -0.1) is 0 Å². The Kier molecular flexibility index (Phi) is 3.91. The number of carboxylic acids is 1. The second-order valence-electron chi connectivity index (χ2n) is 3.58. The minimum atomic E-state index is -1.14. The van der Waals surface area contributed by atoms with Gasteiger partial charge in [0.25, 0.3) is 0 Å². The molecule has 0 fully saturated rings. The molecule has 2 N–H and O–H groups in total. The first-order valence-electron chi connectivity index (χ1n) is 5.23. The average molecular weight is 282 g/mol. The molecule has 19 heavy (non-hydrogen) atoms. The summed E-state index contributed by atoms with van der Waals surface area (Å²) >= 11 is 1.09. The van der Waals surface area contributed by atoms with E-state index >= 15 is 0 Å². The monoisotopic (exact) mass is 282 g/mol. The highest BCUT2D eigenvalue weighted by atomic mass is 32.2. The first-order valence-corrected chi connectivity index (χ1v) is 6.22. The number of hydrogen-bond acceptors (Lipinski definition) is 6. The lowest BCUT2D eigenvalue weighted by Crippen LogP contribution is -2.14. The molecule has 2 aromatic heterocycles. The number of carbonyl (C=O) groups is 2. The van der Waals surface area contributed by atoms with E-state index in [-0.39, 0.29) is 17.4 Å². The molecule has 0 aliphatic rings. The number of aromatic nitrogens is 1. The number of furan rings is 1. The fourth-order valence-corrected chi connectivity index (χ4v) is 1.91. The van der Waals surface area contributed by atoms with E-state index in [0.717, 1.165) is 11.8 Å². The standard InChI is InChI=1S/C11H10N2O5S/c1-6-4-8(13-18-6)12-9(14)5-19-10-3-2-7(17-10)11(15)16/h2-4H,5H2,1H3,(H,15,16)(H,12,13,14). The number of carbonyl (C=O) groups excluding carboxylic acids is 1. The van der Waals surface area contributed by atoms with E-state index < -0.39 is 5.97 Å². The van der Waals surface area contributed by atoms with Gasteiger partial charge < -0.3 is 19.4 Å². The number of thioether (sulfide) groups is 1. The molecule has 0 saturated heterocycles. The maximum absolute atomic E-state index is 11.6. The fraction of sp³-hybridized carbons (Fsp3) is 0.182. The number of nitrogens with zero attached hydrogens (tertiary/aromatic N) is 1. The number of anilines is 1. The molecule has 0 spiro atoms. The number of aromatic carboxylic acids is 1. The third kappa shape index (κ3) is 3.62. The Hall–Kier alpha value is -2.22. The van der Waals surface area contributed by atoms with E-state index in [4.69, 9.17) is 14.0 Å². The Morgan fingerprint density at radius 1 is 1.47 bits per heavy atom. The summed E-state index contributed by atoms with van der Waals surface area (Å²) < 4.78 is 9.80. The quantitative estimate of drug-likeness (QED) is 0.808. The van der Waals surface area contributed by atoms with E-state index in [2.05, 4.69) is 10.5 Å². The maximum Gasteiger partial charge on any atom is 0.371 e. The van der Waals surface area contributed by atoms with Crippen molar-refractivity contribution in [2.75, 3.05) is 11.1 Å². The molecule has 2 heterocycles. The molecule has 0 saturated carbocycles. The molecule has 0 aliphatic heterocycles. The van der Waals surface area contributed by atoms with Crippen molar-refractivity contribution in [2.24, 2.45) is 0 Å². The average Bonchev–Trinajstić information content (AvgIpc) is 2.96. The van der Waals surface area contributed by atoms with Crippen molar-refractivity contribution in [1.82, 2.24) is 5.16 Å². The predicted molar refractivity (Wildman–Crippen MR) is 66.3 cm³/mol. The van der Waals surface area contributed by atoms with Crippen LogP contribution in [0, 0.1) is 6.92 Å².